The number of hydrogen-bond donors (Lipinski definition) is 1. The van der Waals surface area contributed by atoms with E-state index in [4.69, 9.17) is 62.7 Å². The molecule has 0 spiro atoms. The van der Waals surface area contributed by atoms with Gasteiger partial charge in [0.05, 0.1) is 125 Å². The lowest BCUT2D eigenvalue weighted by molar-refractivity contribution is -0.151. The number of esters is 1. The van der Waals surface area contributed by atoms with Gasteiger partial charge >= 0.3 is 12.1 Å². The van der Waals surface area contributed by atoms with Crippen molar-refractivity contribution in [3.63, 3.8) is 0 Å². The van der Waals surface area contributed by atoms with Crippen molar-refractivity contribution >= 4 is 12.1 Å². The molecule has 16 nitrogen and oxygen atoms in total. The van der Waals surface area contributed by atoms with Gasteiger partial charge in [-0.3, -0.25) is 0 Å². The first kappa shape index (κ1) is 37.3. The Morgan fingerprint density at radius 3 is 1.32 bits per heavy atom. The van der Waals surface area contributed by atoms with Crippen LogP contribution in [-0.2, 0) is 61.6 Å². The maximum atomic E-state index is 11.6. The Kier molecular flexibility index (Phi) is 25.9. The molecule has 2 N–H and O–H groups in total. The van der Waals surface area contributed by atoms with Gasteiger partial charge in [-0.05, 0) is 0 Å². The molecule has 0 aromatic rings. The lowest BCUT2D eigenvalue weighted by Crippen LogP contribution is -2.33. The molecule has 0 aliphatic carbocycles. The van der Waals surface area contributed by atoms with Gasteiger partial charge in [-0.2, -0.15) is 0 Å². The van der Waals surface area contributed by atoms with Gasteiger partial charge in [0.15, 0.2) is 6.10 Å². The number of ether oxygens (including phenoxy) is 12. The van der Waals surface area contributed by atoms with Crippen LogP contribution in [0.2, 0.25) is 0 Å². The van der Waals surface area contributed by atoms with Crippen LogP contribution in [0.25, 0.3) is 0 Å². The number of carbonyl (C=O) groups excluding carboxylic acids is 2. The number of methoxy groups -OCH3 is 1. The summed E-state index contributed by atoms with van der Waals surface area (Å²) in [5, 5.41) is 0.919. The van der Waals surface area contributed by atoms with E-state index in [2.05, 4.69) is 0 Å². The Hall–Kier alpha value is -1.70. The van der Waals surface area contributed by atoms with Crippen LogP contribution in [0.4, 0.5) is 4.79 Å². The van der Waals surface area contributed by atoms with E-state index >= 15 is 0 Å². The Morgan fingerprint density at radius 1 is 0.659 bits per heavy atom. The second-order valence-electron chi connectivity index (χ2n) is 8.29. The molecule has 1 fully saturated rings. The third kappa shape index (κ3) is 24.6. The molecule has 1 aliphatic heterocycles. The zero-order valence-electron chi connectivity index (χ0n) is 24.2. The van der Waals surface area contributed by atoms with Gasteiger partial charge < -0.3 is 56.8 Å². The lowest BCUT2D eigenvalue weighted by atomic mass is 10.4. The topological polar surface area (TPSA) is 174 Å². The molecule has 1 saturated heterocycles. The maximum absolute atomic E-state index is 11.6. The standard InChI is InChI=1S/C25H48N2O14/c1-30-2-3-31-4-5-32-6-7-33-8-9-34-10-11-35-12-13-36-14-15-37-16-17-38-18-19-39-22-24(28)40-21-23-20-27(26)25(29)41-23/h23H,2-22,26H2,1H3. The highest BCUT2D eigenvalue weighted by molar-refractivity contribution is 5.71. The van der Waals surface area contributed by atoms with Crippen molar-refractivity contribution in [1.82, 2.24) is 5.01 Å². The Labute approximate surface area is 241 Å². The molecular formula is C25H48N2O14. The number of carbonyl (C=O) groups is 2. The largest absolute Gasteiger partial charge is 0.460 e. The quantitative estimate of drug-likeness (QED) is 0.0445. The fourth-order valence-corrected chi connectivity index (χ4v) is 2.91. The van der Waals surface area contributed by atoms with Crippen molar-refractivity contribution < 1.29 is 66.4 Å². The Bertz CT molecular complexity index is 619. The molecule has 242 valence electrons. The van der Waals surface area contributed by atoms with E-state index in [1.54, 1.807) is 7.11 Å². The van der Waals surface area contributed by atoms with Gasteiger partial charge in [-0.25, -0.2) is 20.4 Å². The van der Waals surface area contributed by atoms with Gasteiger partial charge in [0, 0.05) is 7.11 Å². The van der Waals surface area contributed by atoms with Crippen molar-refractivity contribution in [3.8, 4) is 0 Å². The summed E-state index contributed by atoms with van der Waals surface area (Å²) in [6, 6.07) is 0. The van der Waals surface area contributed by atoms with Crippen molar-refractivity contribution in [1.29, 1.82) is 0 Å². The maximum Gasteiger partial charge on any atom is 0.424 e. The Morgan fingerprint density at radius 2 is 1.00 bits per heavy atom. The van der Waals surface area contributed by atoms with E-state index < -0.39 is 18.2 Å². The predicted octanol–water partition coefficient (Wildman–Crippen LogP) is -0.980. The number of cyclic esters (lactones) is 1. The van der Waals surface area contributed by atoms with Gasteiger partial charge in [0.1, 0.15) is 13.2 Å². The summed E-state index contributed by atoms with van der Waals surface area (Å²) in [7, 11) is 1.64. The van der Waals surface area contributed by atoms with Crippen molar-refractivity contribution in [2.45, 2.75) is 6.10 Å². The van der Waals surface area contributed by atoms with E-state index in [1.807, 2.05) is 0 Å². The average Bonchev–Trinajstić information content (AvgIpc) is 3.29. The number of hydrazine groups is 1. The first-order valence-electron chi connectivity index (χ1n) is 13.7. The number of hydrogen-bond acceptors (Lipinski definition) is 15. The average molecular weight is 601 g/mol. The molecule has 1 rings (SSSR count). The zero-order chi connectivity index (χ0) is 29.6. The molecule has 1 aliphatic rings. The van der Waals surface area contributed by atoms with Crippen LogP contribution in [0.1, 0.15) is 0 Å². The lowest BCUT2D eigenvalue weighted by Gasteiger charge is -2.10. The highest BCUT2D eigenvalue weighted by Crippen LogP contribution is 2.07. The second-order valence-corrected chi connectivity index (χ2v) is 8.29. The molecule has 0 aromatic heterocycles. The van der Waals surface area contributed by atoms with E-state index in [1.165, 1.54) is 0 Å². The number of rotatable bonds is 31. The van der Waals surface area contributed by atoms with E-state index in [9.17, 15) is 9.59 Å². The normalized spacial score (nSPS) is 15.0. The van der Waals surface area contributed by atoms with Gasteiger partial charge in [0.2, 0.25) is 0 Å². The minimum Gasteiger partial charge on any atom is -0.460 e. The van der Waals surface area contributed by atoms with E-state index in [0.717, 1.165) is 5.01 Å². The molecule has 1 unspecified atom stereocenters. The van der Waals surface area contributed by atoms with Crippen LogP contribution in [0, 0.1) is 0 Å². The summed E-state index contributed by atoms with van der Waals surface area (Å²) >= 11 is 0. The Balaban J connectivity index is 1.66. The molecule has 1 atom stereocenters. The molecule has 1 amide bonds. The SMILES string of the molecule is COCCOCCOCCOCCOCCOCCOCCOCCOCCOCC(=O)OCC1CN(N)C(=O)O1. The van der Waals surface area contributed by atoms with Crippen molar-refractivity contribution in [2.75, 3.05) is 146 Å². The summed E-state index contributed by atoms with van der Waals surface area (Å²) in [5.74, 6) is 4.80. The van der Waals surface area contributed by atoms with Crippen molar-refractivity contribution in [2.24, 2.45) is 5.84 Å². The molecule has 16 heteroatoms. The smallest absolute Gasteiger partial charge is 0.424 e. The second kappa shape index (κ2) is 28.4. The fourth-order valence-electron chi connectivity index (χ4n) is 2.91. The molecular weight excluding hydrogens is 552 g/mol. The first-order valence-corrected chi connectivity index (χ1v) is 13.7. The summed E-state index contributed by atoms with van der Waals surface area (Å²) in [4.78, 5) is 22.7. The number of amides is 1. The third-order valence-corrected chi connectivity index (χ3v) is 4.96. The van der Waals surface area contributed by atoms with Gasteiger partial charge in [-0.1, -0.05) is 0 Å². The highest BCUT2D eigenvalue weighted by Gasteiger charge is 2.30. The zero-order valence-corrected chi connectivity index (χ0v) is 24.2. The third-order valence-electron chi connectivity index (χ3n) is 4.96. The molecule has 0 radical (unpaired) electrons. The van der Waals surface area contributed by atoms with Gasteiger partial charge in [0.25, 0.3) is 0 Å². The monoisotopic (exact) mass is 600 g/mol. The predicted molar refractivity (Wildman–Crippen MR) is 141 cm³/mol. The first-order chi connectivity index (χ1) is 20.1. The van der Waals surface area contributed by atoms with Crippen LogP contribution < -0.4 is 5.84 Å². The number of nitrogens with two attached hydrogens (primary N) is 1. The van der Waals surface area contributed by atoms with Crippen LogP contribution in [0.15, 0.2) is 0 Å². The molecule has 0 aromatic carbocycles. The molecule has 0 bridgehead atoms. The minimum atomic E-state index is -0.646. The summed E-state index contributed by atoms with van der Waals surface area (Å²) < 4.78 is 63.0. The summed E-state index contributed by atoms with van der Waals surface area (Å²) in [6.45, 7) is 8.33. The van der Waals surface area contributed by atoms with E-state index in [-0.39, 0.29) is 26.4 Å². The van der Waals surface area contributed by atoms with Crippen LogP contribution in [-0.4, -0.2) is 169 Å². The van der Waals surface area contributed by atoms with E-state index in [0.29, 0.717) is 112 Å². The molecule has 41 heavy (non-hydrogen) atoms. The van der Waals surface area contributed by atoms with Gasteiger partial charge in [-0.15, -0.1) is 0 Å². The molecule has 1 heterocycles. The van der Waals surface area contributed by atoms with Crippen LogP contribution >= 0.6 is 0 Å². The van der Waals surface area contributed by atoms with Crippen LogP contribution in [0.3, 0.4) is 0 Å². The summed E-state index contributed by atoms with van der Waals surface area (Å²) in [5.41, 5.74) is 0. The fraction of sp³-hybridized carbons (Fsp3) is 0.920. The number of nitrogens with zero attached hydrogens (tertiary/aromatic N) is 1. The van der Waals surface area contributed by atoms with Crippen LogP contribution in [0.5, 0.6) is 0 Å². The van der Waals surface area contributed by atoms with Crippen molar-refractivity contribution in [3.05, 3.63) is 0 Å². The summed E-state index contributed by atoms with van der Waals surface area (Å²) in [6.07, 6.45) is -1.21. The molecule has 0 saturated carbocycles. The minimum absolute atomic E-state index is 0.0659. The highest BCUT2D eigenvalue weighted by atomic mass is 16.6.